The summed E-state index contributed by atoms with van der Waals surface area (Å²) >= 11 is 11.1. The van der Waals surface area contributed by atoms with Crippen LogP contribution in [0.15, 0.2) is 77.7 Å². The van der Waals surface area contributed by atoms with Crippen LogP contribution in [0.25, 0.3) is 0 Å². The number of nitrogens with zero attached hydrogens (tertiary/aromatic N) is 3. The van der Waals surface area contributed by atoms with E-state index < -0.39 is 6.10 Å². The molecule has 0 spiro atoms. The van der Waals surface area contributed by atoms with E-state index >= 15 is 0 Å². The minimum atomic E-state index is -0.426. The van der Waals surface area contributed by atoms with E-state index in [1.165, 1.54) is 19.3 Å². The summed E-state index contributed by atoms with van der Waals surface area (Å²) in [6, 6.07) is 18.9. The molecule has 2 heterocycles. The zero-order valence-corrected chi connectivity index (χ0v) is 20.9. The standard InChI is InChI=1S/C11H15N3O3.2C6H5Cl.C3H6/c1-3-4-9-11(15)14(5-6-16-9)7-10-13-12-8(2)17-10;2*7-6-4-2-1-3-5-6;1-2-3-1/h3,9H,1,4-7H2,2H3;2*1-5H;1-3H2. The van der Waals surface area contributed by atoms with Crippen LogP contribution in [0.5, 0.6) is 0 Å². The predicted octanol–water partition coefficient (Wildman–Crippen LogP) is 6.53. The van der Waals surface area contributed by atoms with Crippen molar-refractivity contribution in [3.05, 3.63) is 95.1 Å². The fourth-order valence-corrected chi connectivity index (χ4v) is 2.85. The van der Waals surface area contributed by atoms with Gasteiger partial charge in [0.25, 0.3) is 5.91 Å². The Balaban J connectivity index is 0.000000195. The first kappa shape index (κ1) is 27.6. The average Bonchev–Trinajstić information content (AvgIpc) is 3.67. The number of benzene rings is 2. The summed E-state index contributed by atoms with van der Waals surface area (Å²) < 4.78 is 10.6. The van der Waals surface area contributed by atoms with Gasteiger partial charge in [-0.25, -0.2) is 0 Å². The molecular formula is C26H31Cl2N3O3. The Morgan fingerprint density at radius 1 is 1.00 bits per heavy atom. The average molecular weight is 504 g/mol. The molecule has 8 heteroatoms. The van der Waals surface area contributed by atoms with Crippen molar-refractivity contribution >= 4 is 29.1 Å². The van der Waals surface area contributed by atoms with Gasteiger partial charge in [0.1, 0.15) is 6.10 Å². The molecule has 1 amide bonds. The monoisotopic (exact) mass is 503 g/mol. The summed E-state index contributed by atoms with van der Waals surface area (Å²) in [7, 11) is 0. The van der Waals surface area contributed by atoms with Crippen LogP contribution in [0, 0.1) is 6.92 Å². The number of ether oxygens (including phenoxy) is 1. The van der Waals surface area contributed by atoms with Crippen molar-refractivity contribution in [3.8, 4) is 0 Å². The topological polar surface area (TPSA) is 68.5 Å². The minimum Gasteiger partial charge on any atom is -0.424 e. The van der Waals surface area contributed by atoms with Crippen LogP contribution in [0.2, 0.25) is 10.0 Å². The molecular weight excluding hydrogens is 473 g/mol. The molecule has 0 N–H and O–H groups in total. The second-order valence-electron chi connectivity index (χ2n) is 7.51. The number of morpholine rings is 1. The second-order valence-corrected chi connectivity index (χ2v) is 8.38. The van der Waals surface area contributed by atoms with Gasteiger partial charge in [-0.05, 0) is 24.3 Å². The van der Waals surface area contributed by atoms with Gasteiger partial charge in [-0.3, -0.25) is 4.79 Å². The first-order valence-electron chi connectivity index (χ1n) is 11.2. The van der Waals surface area contributed by atoms with Crippen molar-refractivity contribution < 1.29 is 13.9 Å². The summed E-state index contributed by atoms with van der Waals surface area (Å²) in [6.07, 6.45) is 6.28. The SMILES string of the molecule is C1CC1.C=CCC1OCCN(Cc2nnc(C)o2)C1=O.Clc1ccccc1.Clc1ccccc1. The molecule has 1 unspecified atom stereocenters. The lowest BCUT2D eigenvalue weighted by atomic mass is 10.2. The molecule has 34 heavy (non-hydrogen) atoms. The Labute approximate surface area is 211 Å². The van der Waals surface area contributed by atoms with Crippen LogP contribution in [0.1, 0.15) is 37.5 Å². The number of aryl methyl sites for hydroxylation is 1. The van der Waals surface area contributed by atoms with Crippen molar-refractivity contribution in [2.45, 2.75) is 45.3 Å². The van der Waals surface area contributed by atoms with E-state index in [2.05, 4.69) is 16.8 Å². The normalized spacial score (nSPS) is 16.0. The van der Waals surface area contributed by atoms with Gasteiger partial charge in [-0.15, -0.1) is 16.8 Å². The highest BCUT2D eigenvalue weighted by molar-refractivity contribution is 6.30. The molecule has 0 radical (unpaired) electrons. The third kappa shape index (κ3) is 12.0. The summed E-state index contributed by atoms with van der Waals surface area (Å²) in [5, 5.41) is 9.19. The largest absolute Gasteiger partial charge is 0.424 e. The first-order valence-corrected chi connectivity index (χ1v) is 12.0. The van der Waals surface area contributed by atoms with Gasteiger partial charge in [0.15, 0.2) is 0 Å². The van der Waals surface area contributed by atoms with Gasteiger partial charge in [-0.2, -0.15) is 0 Å². The van der Waals surface area contributed by atoms with E-state index in [0.29, 0.717) is 37.9 Å². The predicted molar refractivity (Wildman–Crippen MR) is 136 cm³/mol. The van der Waals surface area contributed by atoms with E-state index in [4.69, 9.17) is 32.4 Å². The zero-order valence-electron chi connectivity index (χ0n) is 19.4. The lowest BCUT2D eigenvalue weighted by molar-refractivity contribution is -0.153. The van der Waals surface area contributed by atoms with Crippen molar-refractivity contribution in [1.29, 1.82) is 0 Å². The molecule has 182 valence electrons. The van der Waals surface area contributed by atoms with Gasteiger partial charge in [-0.1, -0.05) is 84.9 Å². The summed E-state index contributed by atoms with van der Waals surface area (Å²) in [5.74, 6) is 0.908. The lowest BCUT2D eigenvalue weighted by Crippen LogP contribution is -2.47. The zero-order chi connectivity index (χ0) is 24.6. The highest BCUT2D eigenvalue weighted by atomic mass is 35.5. The highest BCUT2D eigenvalue weighted by Crippen LogP contribution is 2.15. The Morgan fingerprint density at radius 3 is 1.94 bits per heavy atom. The van der Waals surface area contributed by atoms with Crippen LogP contribution in [0.3, 0.4) is 0 Å². The van der Waals surface area contributed by atoms with Crippen LogP contribution in [-0.4, -0.2) is 40.3 Å². The van der Waals surface area contributed by atoms with E-state index in [1.807, 2.05) is 60.7 Å². The number of amides is 1. The molecule has 1 saturated carbocycles. The van der Waals surface area contributed by atoms with Crippen molar-refractivity contribution in [2.75, 3.05) is 13.2 Å². The Hall–Kier alpha value is -2.67. The van der Waals surface area contributed by atoms with E-state index in [9.17, 15) is 4.79 Å². The molecule has 1 aliphatic heterocycles. The van der Waals surface area contributed by atoms with Crippen LogP contribution >= 0.6 is 23.2 Å². The van der Waals surface area contributed by atoms with E-state index in [1.54, 1.807) is 17.9 Å². The van der Waals surface area contributed by atoms with Crippen molar-refractivity contribution in [3.63, 3.8) is 0 Å². The molecule has 2 aromatic carbocycles. The molecule has 2 fully saturated rings. The molecule has 6 nitrogen and oxygen atoms in total. The summed E-state index contributed by atoms with van der Waals surface area (Å²) in [5.41, 5.74) is 0. The van der Waals surface area contributed by atoms with Crippen LogP contribution in [0.4, 0.5) is 0 Å². The minimum absolute atomic E-state index is 0.0491. The van der Waals surface area contributed by atoms with Crippen LogP contribution in [-0.2, 0) is 16.1 Å². The van der Waals surface area contributed by atoms with Gasteiger partial charge in [0.05, 0.1) is 13.2 Å². The maximum absolute atomic E-state index is 12.0. The maximum atomic E-state index is 12.0. The third-order valence-corrected chi connectivity index (χ3v) is 4.87. The summed E-state index contributed by atoms with van der Waals surface area (Å²) in [4.78, 5) is 13.7. The first-order chi connectivity index (χ1) is 16.5. The molecule has 1 aliphatic carbocycles. The number of hydrogen-bond acceptors (Lipinski definition) is 5. The molecule has 2 aliphatic rings. The molecule has 0 bridgehead atoms. The van der Waals surface area contributed by atoms with E-state index in [-0.39, 0.29) is 5.91 Å². The highest BCUT2D eigenvalue weighted by Gasteiger charge is 2.29. The fourth-order valence-electron chi connectivity index (χ4n) is 2.56. The Bertz CT molecular complexity index is 925. The molecule has 1 saturated heterocycles. The Kier molecular flexibility index (Phi) is 13.0. The van der Waals surface area contributed by atoms with Crippen LogP contribution < -0.4 is 0 Å². The molecule has 5 rings (SSSR count). The quantitative estimate of drug-likeness (QED) is 0.378. The smallest absolute Gasteiger partial charge is 0.252 e. The van der Waals surface area contributed by atoms with Crippen molar-refractivity contribution in [2.24, 2.45) is 0 Å². The van der Waals surface area contributed by atoms with E-state index in [0.717, 1.165) is 10.0 Å². The number of hydrogen-bond donors (Lipinski definition) is 0. The summed E-state index contributed by atoms with van der Waals surface area (Å²) in [6.45, 7) is 6.75. The second kappa shape index (κ2) is 16.0. The number of aromatic nitrogens is 2. The van der Waals surface area contributed by atoms with Gasteiger partial charge in [0, 0.05) is 29.9 Å². The fraction of sp³-hybridized carbons (Fsp3) is 0.346. The molecule has 1 atom stereocenters. The number of rotatable bonds is 4. The number of halogens is 2. The Morgan fingerprint density at radius 2 is 1.56 bits per heavy atom. The molecule has 1 aromatic heterocycles. The van der Waals surface area contributed by atoms with Gasteiger partial charge >= 0.3 is 0 Å². The third-order valence-electron chi connectivity index (χ3n) is 4.36. The van der Waals surface area contributed by atoms with Crippen molar-refractivity contribution in [1.82, 2.24) is 15.1 Å². The number of carbonyl (C=O) groups is 1. The maximum Gasteiger partial charge on any atom is 0.252 e. The number of carbonyl (C=O) groups excluding carboxylic acids is 1. The van der Waals surface area contributed by atoms with Gasteiger partial charge in [0.2, 0.25) is 11.8 Å². The molecule has 3 aromatic rings. The lowest BCUT2D eigenvalue weighted by Gasteiger charge is -2.30. The van der Waals surface area contributed by atoms with Gasteiger partial charge < -0.3 is 14.1 Å².